The van der Waals surface area contributed by atoms with Gasteiger partial charge in [-0.15, -0.1) is 0 Å². The summed E-state index contributed by atoms with van der Waals surface area (Å²) in [5, 5.41) is 2.06. The second-order valence-electron chi connectivity index (χ2n) is 3.34. The summed E-state index contributed by atoms with van der Waals surface area (Å²) in [6.07, 6.45) is -0.352. The van der Waals surface area contributed by atoms with Crippen LogP contribution < -0.4 is 5.43 Å². The number of nitrogens with one attached hydrogen (secondary N) is 1. The van der Waals surface area contributed by atoms with E-state index in [2.05, 4.69) is 5.43 Å². The van der Waals surface area contributed by atoms with E-state index in [9.17, 15) is 4.79 Å². The number of benzene rings is 1. The molecule has 80 valence electrons. The summed E-state index contributed by atoms with van der Waals surface area (Å²) >= 11 is 5.86. The average molecular weight is 227 g/mol. The number of carbonyl (C=O) groups is 1. The maximum absolute atomic E-state index is 11.2. The number of hydrogen-bond acceptors (Lipinski definition) is 3. The highest BCUT2D eigenvalue weighted by Gasteiger charge is 2.22. The van der Waals surface area contributed by atoms with Crippen LogP contribution in [0.15, 0.2) is 18.2 Å². The summed E-state index contributed by atoms with van der Waals surface area (Å²) in [4.78, 5) is 11.2. The standard InChI is InChI=1S/C10H11ClN2O2/c1-7-2-3-8(11)6-9(7)12-13-4-5-15-10(13)14/h2-3,6,12H,4-5H2,1H3. The fraction of sp³-hybridized carbons (Fsp3) is 0.300. The Kier molecular flexibility index (Phi) is 2.68. The van der Waals surface area contributed by atoms with Crippen molar-refractivity contribution in [2.75, 3.05) is 18.6 Å². The van der Waals surface area contributed by atoms with Gasteiger partial charge in [-0.1, -0.05) is 17.7 Å². The first kappa shape index (κ1) is 10.1. The summed E-state index contributed by atoms with van der Waals surface area (Å²) in [7, 11) is 0. The van der Waals surface area contributed by atoms with Gasteiger partial charge in [0, 0.05) is 5.02 Å². The molecule has 1 aromatic rings. The number of halogens is 1. The van der Waals surface area contributed by atoms with E-state index in [0.717, 1.165) is 11.3 Å². The second-order valence-corrected chi connectivity index (χ2v) is 3.77. The zero-order valence-corrected chi connectivity index (χ0v) is 9.04. The third-order valence-electron chi connectivity index (χ3n) is 2.22. The minimum absolute atomic E-state index is 0.352. The Bertz CT molecular complexity index is 395. The van der Waals surface area contributed by atoms with Crippen molar-refractivity contribution in [2.45, 2.75) is 6.92 Å². The van der Waals surface area contributed by atoms with Crippen molar-refractivity contribution in [2.24, 2.45) is 0 Å². The number of amides is 1. The Balaban J connectivity index is 2.16. The van der Waals surface area contributed by atoms with Crippen LogP contribution in [0.2, 0.25) is 5.02 Å². The Morgan fingerprint density at radius 1 is 1.53 bits per heavy atom. The number of carbonyl (C=O) groups excluding carboxylic acids is 1. The molecule has 15 heavy (non-hydrogen) atoms. The lowest BCUT2D eigenvalue weighted by atomic mass is 10.2. The van der Waals surface area contributed by atoms with Gasteiger partial charge in [0.05, 0.1) is 12.2 Å². The fourth-order valence-electron chi connectivity index (χ4n) is 1.36. The van der Waals surface area contributed by atoms with Crippen molar-refractivity contribution in [3.8, 4) is 0 Å². The molecule has 1 heterocycles. The van der Waals surface area contributed by atoms with Crippen molar-refractivity contribution >= 4 is 23.4 Å². The molecule has 5 heteroatoms. The minimum Gasteiger partial charge on any atom is -0.446 e. The monoisotopic (exact) mass is 226 g/mol. The van der Waals surface area contributed by atoms with E-state index in [-0.39, 0.29) is 6.09 Å². The molecule has 1 saturated heterocycles. The summed E-state index contributed by atoms with van der Waals surface area (Å²) in [6, 6.07) is 5.49. The number of cyclic esters (lactones) is 1. The molecule has 1 fully saturated rings. The number of rotatable bonds is 2. The summed E-state index contributed by atoms with van der Waals surface area (Å²) in [5.74, 6) is 0. The van der Waals surface area contributed by atoms with Gasteiger partial charge < -0.3 is 4.74 Å². The lowest BCUT2D eigenvalue weighted by Crippen LogP contribution is -2.30. The highest BCUT2D eigenvalue weighted by atomic mass is 35.5. The highest BCUT2D eigenvalue weighted by molar-refractivity contribution is 6.30. The third kappa shape index (κ3) is 2.15. The molecule has 0 bridgehead atoms. The normalized spacial score (nSPS) is 15.3. The minimum atomic E-state index is -0.352. The Morgan fingerprint density at radius 2 is 2.33 bits per heavy atom. The van der Waals surface area contributed by atoms with Crippen LogP contribution in [0.4, 0.5) is 10.5 Å². The van der Waals surface area contributed by atoms with Gasteiger partial charge >= 0.3 is 6.09 Å². The molecule has 1 amide bonds. The van der Waals surface area contributed by atoms with Crippen molar-refractivity contribution in [1.29, 1.82) is 0 Å². The van der Waals surface area contributed by atoms with E-state index in [1.54, 1.807) is 6.07 Å². The maximum atomic E-state index is 11.2. The summed E-state index contributed by atoms with van der Waals surface area (Å²) < 4.78 is 4.80. The average Bonchev–Trinajstić information content (AvgIpc) is 2.58. The fourth-order valence-corrected chi connectivity index (χ4v) is 1.53. The third-order valence-corrected chi connectivity index (χ3v) is 2.45. The molecule has 4 nitrogen and oxygen atoms in total. The summed E-state index contributed by atoms with van der Waals surface area (Å²) in [5.41, 5.74) is 4.82. The topological polar surface area (TPSA) is 41.6 Å². The van der Waals surface area contributed by atoms with E-state index < -0.39 is 0 Å². The first-order valence-electron chi connectivity index (χ1n) is 4.64. The number of nitrogens with zero attached hydrogens (tertiary/aromatic N) is 1. The van der Waals surface area contributed by atoms with Gasteiger partial charge in [0.2, 0.25) is 0 Å². The zero-order valence-electron chi connectivity index (χ0n) is 8.29. The molecule has 0 unspecified atom stereocenters. The SMILES string of the molecule is Cc1ccc(Cl)cc1NN1CCOC1=O. The lowest BCUT2D eigenvalue weighted by Gasteiger charge is -2.17. The van der Waals surface area contributed by atoms with Crippen molar-refractivity contribution in [1.82, 2.24) is 5.01 Å². The van der Waals surface area contributed by atoms with Crippen LogP contribution in [0.3, 0.4) is 0 Å². The van der Waals surface area contributed by atoms with E-state index in [0.29, 0.717) is 18.2 Å². The van der Waals surface area contributed by atoms with E-state index in [1.807, 2.05) is 19.1 Å². The van der Waals surface area contributed by atoms with Crippen LogP contribution in [-0.4, -0.2) is 24.3 Å². The molecule has 1 aliphatic heterocycles. The van der Waals surface area contributed by atoms with Crippen LogP contribution in [0.5, 0.6) is 0 Å². The van der Waals surface area contributed by atoms with Crippen molar-refractivity contribution < 1.29 is 9.53 Å². The highest BCUT2D eigenvalue weighted by Crippen LogP contribution is 2.21. The van der Waals surface area contributed by atoms with E-state index in [4.69, 9.17) is 16.3 Å². The van der Waals surface area contributed by atoms with Gasteiger partial charge in [-0.2, -0.15) is 0 Å². The molecule has 2 rings (SSSR count). The van der Waals surface area contributed by atoms with Crippen molar-refractivity contribution in [3.05, 3.63) is 28.8 Å². The first-order valence-corrected chi connectivity index (χ1v) is 5.02. The molecule has 0 atom stereocenters. The van der Waals surface area contributed by atoms with E-state index in [1.165, 1.54) is 5.01 Å². The first-order chi connectivity index (χ1) is 7.16. The number of hydrazine groups is 1. The van der Waals surface area contributed by atoms with Gasteiger partial charge in [-0.05, 0) is 24.6 Å². The molecule has 0 saturated carbocycles. The molecule has 1 N–H and O–H groups in total. The van der Waals surface area contributed by atoms with Crippen LogP contribution in [0.1, 0.15) is 5.56 Å². The van der Waals surface area contributed by atoms with Crippen LogP contribution >= 0.6 is 11.6 Å². The number of aryl methyl sites for hydroxylation is 1. The molecule has 0 radical (unpaired) electrons. The van der Waals surface area contributed by atoms with Gasteiger partial charge in [0.1, 0.15) is 6.61 Å². The van der Waals surface area contributed by atoms with E-state index >= 15 is 0 Å². The van der Waals surface area contributed by atoms with Gasteiger partial charge in [0.25, 0.3) is 0 Å². The zero-order chi connectivity index (χ0) is 10.8. The molecule has 0 spiro atoms. The van der Waals surface area contributed by atoms with Gasteiger partial charge in [-0.3, -0.25) is 5.43 Å². The van der Waals surface area contributed by atoms with Gasteiger partial charge in [-0.25, -0.2) is 9.80 Å². The molecule has 1 aromatic carbocycles. The Morgan fingerprint density at radius 3 is 3.00 bits per heavy atom. The van der Waals surface area contributed by atoms with Crippen LogP contribution in [0, 0.1) is 6.92 Å². The molecule has 0 aromatic heterocycles. The van der Waals surface area contributed by atoms with Crippen LogP contribution in [0.25, 0.3) is 0 Å². The molecule has 0 aliphatic carbocycles. The van der Waals surface area contributed by atoms with Crippen LogP contribution in [-0.2, 0) is 4.74 Å². The number of hydrogen-bond donors (Lipinski definition) is 1. The quantitative estimate of drug-likeness (QED) is 0.842. The van der Waals surface area contributed by atoms with Crippen molar-refractivity contribution in [3.63, 3.8) is 0 Å². The second kappa shape index (κ2) is 3.98. The smallest absolute Gasteiger partial charge is 0.428 e. The number of ether oxygens (including phenoxy) is 1. The van der Waals surface area contributed by atoms with Gasteiger partial charge in [0.15, 0.2) is 0 Å². The molecule has 1 aliphatic rings. The molecular formula is C10H11ClN2O2. The predicted octanol–water partition coefficient (Wildman–Crippen LogP) is 2.43. The molecular weight excluding hydrogens is 216 g/mol. The largest absolute Gasteiger partial charge is 0.446 e. The predicted molar refractivity (Wildman–Crippen MR) is 57.9 cm³/mol. The Hall–Kier alpha value is -1.42. The maximum Gasteiger partial charge on any atom is 0.428 e. The number of anilines is 1. The lowest BCUT2D eigenvalue weighted by molar-refractivity contribution is 0.163. The Labute approximate surface area is 92.7 Å². The summed E-state index contributed by atoms with van der Waals surface area (Å²) in [6.45, 7) is 2.91.